The Morgan fingerprint density at radius 1 is 1.19 bits per heavy atom. The van der Waals surface area contributed by atoms with E-state index >= 15 is 0 Å². The molecule has 0 bridgehead atoms. The fourth-order valence-electron chi connectivity index (χ4n) is 2.53. The molecule has 0 aromatic heterocycles. The third-order valence-electron chi connectivity index (χ3n) is 4.09. The van der Waals surface area contributed by atoms with Gasteiger partial charge in [0.2, 0.25) is 0 Å². The summed E-state index contributed by atoms with van der Waals surface area (Å²) in [5, 5.41) is 16.9. The predicted molar refractivity (Wildman–Crippen MR) is 92.1 cm³/mol. The van der Waals surface area contributed by atoms with Gasteiger partial charge >= 0.3 is 0 Å². The van der Waals surface area contributed by atoms with Crippen LogP contribution in [0, 0.1) is 21.7 Å². The maximum Gasteiger partial charge on any atom is 0.293 e. The van der Waals surface area contributed by atoms with Gasteiger partial charge < -0.3 is 10.6 Å². The van der Waals surface area contributed by atoms with Gasteiger partial charge in [0.05, 0.1) is 4.92 Å². The molecule has 8 heteroatoms. The van der Waals surface area contributed by atoms with E-state index in [0.717, 1.165) is 25.0 Å². The lowest BCUT2D eigenvalue weighted by Crippen LogP contribution is -2.25. The first-order chi connectivity index (χ1) is 12.4. The van der Waals surface area contributed by atoms with Crippen molar-refractivity contribution in [3.63, 3.8) is 0 Å². The molecule has 0 radical (unpaired) electrons. The quantitative estimate of drug-likeness (QED) is 0.585. The van der Waals surface area contributed by atoms with E-state index in [4.69, 9.17) is 0 Å². The SMILES string of the molecule is O=C(NC1CC1)c1ccc(NCCc2ccc(F)cc2F)c([N+](=O)[O-])c1. The van der Waals surface area contributed by atoms with Crippen LogP contribution in [0.2, 0.25) is 0 Å². The van der Waals surface area contributed by atoms with Crippen LogP contribution in [0.15, 0.2) is 36.4 Å². The summed E-state index contributed by atoms with van der Waals surface area (Å²) < 4.78 is 26.5. The molecule has 2 N–H and O–H groups in total. The van der Waals surface area contributed by atoms with Crippen LogP contribution in [-0.2, 0) is 6.42 Å². The number of benzene rings is 2. The number of anilines is 1. The summed E-state index contributed by atoms with van der Waals surface area (Å²) in [6.45, 7) is 0.219. The number of nitrogens with one attached hydrogen (secondary N) is 2. The van der Waals surface area contributed by atoms with Gasteiger partial charge in [0.15, 0.2) is 0 Å². The van der Waals surface area contributed by atoms with Crippen molar-refractivity contribution >= 4 is 17.3 Å². The van der Waals surface area contributed by atoms with Crippen molar-refractivity contribution in [2.24, 2.45) is 0 Å². The number of hydrogen-bond donors (Lipinski definition) is 2. The molecule has 26 heavy (non-hydrogen) atoms. The van der Waals surface area contributed by atoms with Crippen molar-refractivity contribution in [2.75, 3.05) is 11.9 Å². The number of nitro groups is 1. The van der Waals surface area contributed by atoms with Crippen molar-refractivity contribution in [1.82, 2.24) is 5.32 Å². The van der Waals surface area contributed by atoms with Gasteiger partial charge in [-0.15, -0.1) is 0 Å². The maximum absolute atomic E-state index is 13.6. The summed E-state index contributed by atoms with van der Waals surface area (Å²) in [6.07, 6.45) is 2.08. The molecule has 1 aliphatic carbocycles. The number of nitrogens with zero attached hydrogens (tertiary/aromatic N) is 1. The van der Waals surface area contributed by atoms with Crippen LogP contribution in [0.4, 0.5) is 20.2 Å². The van der Waals surface area contributed by atoms with E-state index < -0.39 is 16.6 Å². The van der Waals surface area contributed by atoms with Gasteiger partial charge in [0.1, 0.15) is 17.3 Å². The van der Waals surface area contributed by atoms with Gasteiger partial charge in [-0.3, -0.25) is 14.9 Å². The van der Waals surface area contributed by atoms with Crippen molar-refractivity contribution < 1.29 is 18.5 Å². The van der Waals surface area contributed by atoms with Crippen molar-refractivity contribution in [1.29, 1.82) is 0 Å². The number of nitro benzene ring substituents is 1. The Bertz CT molecular complexity index is 854. The van der Waals surface area contributed by atoms with Crippen molar-refractivity contribution in [3.05, 3.63) is 69.3 Å². The van der Waals surface area contributed by atoms with E-state index in [-0.39, 0.29) is 41.9 Å². The fourth-order valence-corrected chi connectivity index (χ4v) is 2.53. The second-order valence-electron chi connectivity index (χ2n) is 6.15. The number of amides is 1. The lowest BCUT2D eigenvalue weighted by atomic mass is 10.1. The Hall–Kier alpha value is -3.03. The number of halogens is 2. The van der Waals surface area contributed by atoms with Crippen LogP contribution >= 0.6 is 0 Å². The molecule has 1 amide bonds. The zero-order valence-corrected chi connectivity index (χ0v) is 13.8. The molecule has 2 aromatic carbocycles. The molecule has 1 fully saturated rings. The zero-order valence-electron chi connectivity index (χ0n) is 13.8. The highest BCUT2D eigenvalue weighted by Gasteiger charge is 2.25. The zero-order chi connectivity index (χ0) is 18.7. The van der Waals surface area contributed by atoms with Gasteiger partial charge in [-0.25, -0.2) is 8.78 Å². The Morgan fingerprint density at radius 3 is 2.62 bits per heavy atom. The van der Waals surface area contributed by atoms with E-state index in [0.29, 0.717) is 5.56 Å². The molecule has 0 aliphatic heterocycles. The van der Waals surface area contributed by atoms with Gasteiger partial charge in [0, 0.05) is 30.3 Å². The fraction of sp³-hybridized carbons (Fsp3) is 0.278. The van der Waals surface area contributed by atoms with E-state index in [2.05, 4.69) is 10.6 Å². The Kier molecular flexibility index (Phi) is 5.11. The number of carbonyl (C=O) groups excluding carboxylic acids is 1. The smallest absolute Gasteiger partial charge is 0.293 e. The minimum Gasteiger partial charge on any atom is -0.379 e. The molecule has 0 spiro atoms. The first kappa shape index (κ1) is 17.8. The molecular weight excluding hydrogens is 344 g/mol. The summed E-state index contributed by atoms with van der Waals surface area (Å²) in [5.74, 6) is -1.65. The average Bonchev–Trinajstić information content (AvgIpc) is 3.40. The molecule has 1 aliphatic rings. The Labute approximate surface area is 148 Å². The standard InChI is InChI=1S/C18H17F2N3O3/c19-13-3-1-11(15(20)10-13)7-8-21-16-6-2-12(9-17(16)23(25)26)18(24)22-14-4-5-14/h1-3,6,9-10,14,21H,4-5,7-8H2,(H,22,24). The topological polar surface area (TPSA) is 84.3 Å². The van der Waals surface area contributed by atoms with Crippen LogP contribution < -0.4 is 10.6 Å². The second kappa shape index (κ2) is 7.47. The van der Waals surface area contributed by atoms with E-state index in [1.54, 1.807) is 0 Å². The monoisotopic (exact) mass is 361 g/mol. The molecule has 136 valence electrons. The predicted octanol–water partition coefficient (Wildman–Crippen LogP) is 3.42. The molecule has 0 saturated heterocycles. The highest BCUT2D eigenvalue weighted by molar-refractivity contribution is 5.96. The van der Waals surface area contributed by atoms with Crippen LogP contribution in [0.5, 0.6) is 0 Å². The van der Waals surface area contributed by atoms with Gasteiger partial charge in [-0.05, 0) is 43.0 Å². The van der Waals surface area contributed by atoms with Crippen molar-refractivity contribution in [2.45, 2.75) is 25.3 Å². The Morgan fingerprint density at radius 2 is 1.96 bits per heavy atom. The average molecular weight is 361 g/mol. The largest absolute Gasteiger partial charge is 0.379 e. The summed E-state index contributed by atoms with van der Waals surface area (Å²) >= 11 is 0. The first-order valence-corrected chi connectivity index (χ1v) is 8.21. The van der Waals surface area contributed by atoms with Crippen LogP contribution in [0.3, 0.4) is 0 Å². The van der Waals surface area contributed by atoms with Gasteiger partial charge in [-0.2, -0.15) is 0 Å². The summed E-state index contributed by atoms with van der Waals surface area (Å²) in [4.78, 5) is 22.7. The molecule has 1 saturated carbocycles. The molecule has 3 rings (SSSR count). The van der Waals surface area contributed by atoms with Crippen LogP contribution in [0.25, 0.3) is 0 Å². The lowest BCUT2D eigenvalue weighted by Gasteiger charge is -2.09. The highest BCUT2D eigenvalue weighted by atomic mass is 19.1. The van der Waals surface area contributed by atoms with E-state index in [9.17, 15) is 23.7 Å². The van der Waals surface area contributed by atoms with Crippen LogP contribution in [-0.4, -0.2) is 23.4 Å². The van der Waals surface area contributed by atoms with Crippen LogP contribution in [0.1, 0.15) is 28.8 Å². The molecule has 2 aromatic rings. The molecule has 0 heterocycles. The lowest BCUT2D eigenvalue weighted by molar-refractivity contribution is -0.384. The van der Waals surface area contributed by atoms with Gasteiger partial charge in [-0.1, -0.05) is 6.07 Å². The first-order valence-electron chi connectivity index (χ1n) is 8.21. The summed E-state index contributed by atoms with van der Waals surface area (Å²) in [6, 6.07) is 7.64. The number of carbonyl (C=O) groups is 1. The third-order valence-corrected chi connectivity index (χ3v) is 4.09. The highest BCUT2D eigenvalue weighted by Crippen LogP contribution is 2.26. The van der Waals surface area contributed by atoms with Gasteiger partial charge in [0.25, 0.3) is 11.6 Å². The number of rotatable bonds is 7. The molecular formula is C18H17F2N3O3. The van der Waals surface area contributed by atoms with E-state index in [1.165, 1.54) is 24.3 Å². The second-order valence-corrected chi connectivity index (χ2v) is 6.15. The maximum atomic E-state index is 13.6. The minimum absolute atomic E-state index is 0.157. The summed E-state index contributed by atoms with van der Waals surface area (Å²) in [5.41, 5.74) is 0.536. The third kappa shape index (κ3) is 4.33. The molecule has 6 nitrogen and oxygen atoms in total. The summed E-state index contributed by atoms with van der Waals surface area (Å²) in [7, 11) is 0. The molecule has 0 unspecified atom stereocenters. The normalized spacial score (nSPS) is 13.3. The minimum atomic E-state index is -0.659. The number of hydrogen-bond acceptors (Lipinski definition) is 4. The van der Waals surface area contributed by atoms with E-state index in [1.807, 2.05) is 0 Å². The molecule has 0 atom stereocenters. The Balaban J connectivity index is 1.68. The van der Waals surface area contributed by atoms with Crippen molar-refractivity contribution in [3.8, 4) is 0 Å².